The van der Waals surface area contributed by atoms with Gasteiger partial charge in [-0.25, -0.2) is 0 Å². The van der Waals surface area contributed by atoms with E-state index >= 15 is 0 Å². The van der Waals surface area contributed by atoms with Crippen LogP contribution >= 0.6 is 0 Å². The average molecular weight is 292 g/mol. The minimum Gasteiger partial charge on any atom is -0.395 e. The number of nitrogens with two attached hydrogens (primary N) is 1. The molecular weight excluding hydrogens is 277 g/mol. The van der Waals surface area contributed by atoms with Crippen molar-refractivity contribution in [2.75, 3.05) is 25.5 Å². The van der Waals surface area contributed by atoms with E-state index in [-0.39, 0.29) is 18.8 Å². The Balaban J connectivity index is 1.75. The van der Waals surface area contributed by atoms with Crippen molar-refractivity contribution in [3.05, 3.63) is 11.4 Å². The van der Waals surface area contributed by atoms with Gasteiger partial charge in [-0.05, 0) is 12.8 Å². The Bertz CT molecular complexity index is 483. The highest BCUT2D eigenvalue weighted by molar-refractivity contribution is 5.97. The zero-order valence-corrected chi connectivity index (χ0v) is 10.6. The van der Waals surface area contributed by atoms with Crippen LogP contribution in [0.5, 0.6) is 0 Å². The largest absolute Gasteiger partial charge is 0.411 e. The Morgan fingerprint density at radius 1 is 1.50 bits per heavy atom. The standard InChI is InChI=1S/C11H15F3N4O2/c12-11(13,14)5-20-4-3-16-10(19)9-7(15)8(17-18-9)6-1-2-6/h6H,1-5,15H2,(H,16,19)(H,17,18). The Labute approximate surface area is 112 Å². The van der Waals surface area contributed by atoms with Crippen LogP contribution in [0.3, 0.4) is 0 Å². The number of hydrogen-bond acceptors (Lipinski definition) is 4. The number of alkyl halides is 3. The Morgan fingerprint density at radius 3 is 2.80 bits per heavy atom. The van der Waals surface area contributed by atoms with Gasteiger partial charge >= 0.3 is 6.18 Å². The van der Waals surface area contributed by atoms with Crippen LogP contribution in [0.25, 0.3) is 0 Å². The molecule has 1 heterocycles. The number of aromatic amines is 1. The zero-order chi connectivity index (χ0) is 14.8. The van der Waals surface area contributed by atoms with E-state index in [0.29, 0.717) is 11.6 Å². The molecule has 0 saturated heterocycles. The average Bonchev–Trinajstić information content (AvgIpc) is 3.11. The Hall–Kier alpha value is -1.77. The van der Waals surface area contributed by atoms with Gasteiger partial charge in [0.25, 0.3) is 5.91 Å². The number of amides is 1. The van der Waals surface area contributed by atoms with Gasteiger partial charge < -0.3 is 15.8 Å². The van der Waals surface area contributed by atoms with Gasteiger partial charge in [-0.15, -0.1) is 0 Å². The molecule has 112 valence electrons. The van der Waals surface area contributed by atoms with Crippen LogP contribution in [0.2, 0.25) is 0 Å². The van der Waals surface area contributed by atoms with Crippen LogP contribution < -0.4 is 11.1 Å². The van der Waals surface area contributed by atoms with Crippen molar-refractivity contribution in [3.8, 4) is 0 Å². The number of nitrogens with zero attached hydrogens (tertiary/aromatic N) is 1. The highest BCUT2D eigenvalue weighted by atomic mass is 19.4. The number of aromatic nitrogens is 2. The van der Waals surface area contributed by atoms with Crippen LogP contribution in [0.15, 0.2) is 0 Å². The summed E-state index contributed by atoms with van der Waals surface area (Å²) in [5.41, 5.74) is 6.93. The molecule has 0 spiro atoms. The SMILES string of the molecule is Nc1c(C(=O)NCCOCC(F)(F)F)n[nH]c1C1CC1. The van der Waals surface area contributed by atoms with E-state index in [1.54, 1.807) is 0 Å². The number of nitrogen functional groups attached to an aromatic ring is 1. The lowest BCUT2D eigenvalue weighted by atomic mass is 10.2. The lowest BCUT2D eigenvalue weighted by molar-refractivity contribution is -0.173. The Morgan fingerprint density at radius 2 is 2.20 bits per heavy atom. The molecule has 0 bridgehead atoms. The molecule has 1 fully saturated rings. The van der Waals surface area contributed by atoms with Gasteiger partial charge in [-0.1, -0.05) is 0 Å². The fourth-order valence-corrected chi connectivity index (χ4v) is 1.73. The van der Waals surface area contributed by atoms with E-state index in [4.69, 9.17) is 5.73 Å². The molecule has 9 heteroatoms. The number of ether oxygens (including phenoxy) is 1. The van der Waals surface area contributed by atoms with E-state index in [1.807, 2.05) is 0 Å². The molecule has 1 aliphatic carbocycles. The molecule has 4 N–H and O–H groups in total. The summed E-state index contributed by atoms with van der Waals surface area (Å²) in [6, 6.07) is 0. The molecule has 2 rings (SSSR count). The minimum atomic E-state index is -4.37. The predicted molar refractivity (Wildman–Crippen MR) is 64.2 cm³/mol. The first-order valence-corrected chi connectivity index (χ1v) is 6.15. The monoisotopic (exact) mass is 292 g/mol. The third-order valence-electron chi connectivity index (χ3n) is 2.83. The molecular formula is C11H15F3N4O2. The lowest BCUT2D eigenvalue weighted by Crippen LogP contribution is -2.29. The molecule has 0 unspecified atom stereocenters. The fourth-order valence-electron chi connectivity index (χ4n) is 1.73. The van der Waals surface area contributed by atoms with Crippen LogP contribution in [-0.2, 0) is 4.74 Å². The Kier molecular flexibility index (Phi) is 4.17. The van der Waals surface area contributed by atoms with Crippen LogP contribution in [0, 0.1) is 0 Å². The lowest BCUT2D eigenvalue weighted by Gasteiger charge is -2.08. The molecule has 6 nitrogen and oxygen atoms in total. The van der Waals surface area contributed by atoms with E-state index in [9.17, 15) is 18.0 Å². The van der Waals surface area contributed by atoms with Crippen molar-refractivity contribution < 1.29 is 22.7 Å². The molecule has 1 aromatic heterocycles. The van der Waals surface area contributed by atoms with Gasteiger partial charge in [-0.2, -0.15) is 18.3 Å². The van der Waals surface area contributed by atoms with E-state index in [2.05, 4.69) is 20.3 Å². The minimum absolute atomic E-state index is 0.0417. The highest BCUT2D eigenvalue weighted by Gasteiger charge is 2.30. The molecule has 1 aliphatic rings. The molecule has 0 radical (unpaired) electrons. The number of halogens is 3. The number of hydrogen-bond donors (Lipinski definition) is 3. The number of anilines is 1. The topological polar surface area (TPSA) is 93.0 Å². The predicted octanol–water partition coefficient (Wildman–Crippen LogP) is 1.18. The first-order valence-electron chi connectivity index (χ1n) is 6.15. The van der Waals surface area contributed by atoms with Crippen LogP contribution in [0.1, 0.15) is 34.9 Å². The highest BCUT2D eigenvalue weighted by Crippen LogP contribution is 2.42. The second-order valence-corrected chi connectivity index (χ2v) is 4.60. The molecule has 0 aliphatic heterocycles. The number of nitrogens with one attached hydrogen (secondary N) is 2. The zero-order valence-electron chi connectivity index (χ0n) is 10.6. The molecule has 0 aromatic carbocycles. The van der Waals surface area contributed by atoms with E-state index < -0.39 is 18.7 Å². The summed E-state index contributed by atoms with van der Waals surface area (Å²) in [6.45, 7) is -1.61. The third kappa shape index (κ3) is 3.86. The van der Waals surface area contributed by atoms with Gasteiger partial charge in [0.2, 0.25) is 0 Å². The smallest absolute Gasteiger partial charge is 0.395 e. The first-order chi connectivity index (χ1) is 9.38. The van der Waals surface area contributed by atoms with Gasteiger partial charge in [0.15, 0.2) is 5.69 Å². The molecule has 1 amide bonds. The molecule has 0 atom stereocenters. The maximum Gasteiger partial charge on any atom is 0.411 e. The van der Waals surface area contributed by atoms with Crippen LogP contribution in [-0.4, -0.2) is 42.0 Å². The fraction of sp³-hybridized carbons (Fsp3) is 0.636. The van der Waals surface area contributed by atoms with Gasteiger partial charge in [0.1, 0.15) is 6.61 Å². The summed E-state index contributed by atoms with van der Waals surface area (Å²) in [5, 5.41) is 8.96. The summed E-state index contributed by atoms with van der Waals surface area (Å²) >= 11 is 0. The first kappa shape index (κ1) is 14.6. The quantitative estimate of drug-likeness (QED) is 0.686. The van der Waals surface area contributed by atoms with Gasteiger partial charge in [0, 0.05) is 12.5 Å². The third-order valence-corrected chi connectivity index (χ3v) is 2.83. The van der Waals surface area contributed by atoms with Crippen molar-refractivity contribution in [3.63, 3.8) is 0 Å². The summed E-state index contributed by atoms with van der Waals surface area (Å²) < 4.78 is 39.8. The number of carbonyl (C=O) groups excluding carboxylic acids is 1. The van der Waals surface area contributed by atoms with Crippen molar-refractivity contribution in [1.29, 1.82) is 0 Å². The van der Waals surface area contributed by atoms with Gasteiger partial charge in [0.05, 0.1) is 18.0 Å². The van der Waals surface area contributed by atoms with Crippen molar-refractivity contribution in [2.45, 2.75) is 24.9 Å². The van der Waals surface area contributed by atoms with Gasteiger partial charge in [-0.3, -0.25) is 9.89 Å². The summed E-state index contributed by atoms with van der Waals surface area (Å²) in [7, 11) is 0. The summed E-state index contributed by atoms with van der Waals surface area (Å²) in [4.78, 5) is 11.7. The van der Waals surface area contributed by atoms with E-state index in [1.165, 1.54) is 0 Å². The summed E-state index contributed by atoms with van der Waals surface area (Å²) in [6.07, 6.45) is -2.34. The number of carbonyl (C=O) groups is 1. The van der Waals surface area contributed by atoms with E-state index in [0.717, 1.165) is 18.5 Å². The number of H-pyrrole nitrogens is 1. The second kappa shape index (κ2) is 5.70. The molecule has 20 heavy (non-hydrogen) atoms. The number of rotatable bonds is 6. The maximum atomic E-state index is 11.8. The summed E-state index contributed by atoms with van der Waals surface area (Å²) in [5.74, 6) is -0.194. The van der Waals surface area contributed by atoms with Crippen molar-refractivity contribution in [2.24, 2.45) is 0 Å². The normalized spacial score (nSPS) is 15.3. The molecule has 1 saturated carbocycles. The van der Waals surface area contributed by atoms with Crippen molar-refractivity contribution in [1.82, 2.24) is 15.5 Å². The van der Waals surface area contributed by atoms with Crippen LogP contribution in [0.4, 0.5) is 18.9 Å². The second-order valence-electron chi connectivity index (χ2n) is 4.60. The van der Waals surface area contributed by atoms with Crippen molar-refractivity contribution >= 4 is 11.6 Å². The molecule has 1 aromatic rings. The maximum absolute atomic E-state index is 11.8.